The molecule has 0 radical (unpaired) electrons. The number of nitrogens with zero attached hydrogens (tertiary/aromatic N) is 3. The van der Waals surface area contributed by atoms with E-state index in [2.05, 4.69) is 10.3 Å². The van der Waals surface area contributed by atoms with Gasteiger partial charge in [-0.2, -0.15) is 0 Å². The average molecular weight is 289 g/mol. The maximum absolute atomic E-state index is 11.5. The van der Waals surface area contributed by atoms with Gasteiger partial charge in [-0.05, 0) is 32.9 Å². The van der Waals surface area contributed by atoms with Crippen LogP contribution in [0.5, 0.6) is 0 Å². The molecule has 0 aliphatic heterocycles. The summed E-state index contributed by atoms with van der Waals surface area (Å²) in [5, 5.41) is 8.10. The lowest BCUT2D eigenvalue weighted by atomic mass is 10.2. The molecule has 2 aromatic rings. The van der Waals surface area contributed by atoms with Crippen LogP contribution in [-0.4, -0.2) is 34.5 Å². The van der Waals surface area contributed by atoms with Crippen LogP contribution in [0, 0.1) is 6.92 Å². The highest BCUT2D eigenvalue weighted by molar-refractivity contribution is 5.75. The van der Waals surface area contributed by atoms with Gasteiger partial charge in [0.2, 0.25) is 6.29 Å². The maximum Gasteiger partial charge on any atom is 0.205 e. The Balaban J connectivity index is 2.41. The van der Waals surface area contributed by atoms with Crippen LogP contribution in [0.25, 0.3) is 5.69 Å². The van der Waals surface area contributed by atoms with Crippen molar-refractivity contribution in [2.75, 3.05) is 13.2 Å². The summed E-state index contributed by atoms with van der Waals surface area (Å²) in [4.78, 5) is 11.5. The molecule has 0 spiro atoms. The molecule has 0 aliphatic carbocycles. The minimum absolute atomic E-state index is 0.339. The Morgan fingerprint density at radius 3 is 2.33 bits per heavy atom. The first kappa shape index (κ1) is 15.3. The molecule has 6 nitrogen and oxygen atoms in total. The molecule has 1 aromatic carbocycles. The Labute approximate surface area is 123 Å². The fourth-order valence-electron chi connectivity index (χ4n) is 1.96. The second kappa shape index (κ2) is 7.10. The molecule has 6 heteroatoms. The van der Waals surface area contributed by atoms with E-state index in [1.165, 1.54) is 4.68 Å². The fraction of sp³-hybridized carbons (Fsp3) is 0.400. The van der Waals surface area contributed by atoms with E-state index in [4.69, 9.17) is 9.47 Å². The van der Waals surface area contributed by atoms with Gasteiger partial charge in [-0.25, -0.2) is 4.68 Å². The summed E-state index contributed by atoms with van der Waals surface area (Å²) in [6, 6.07) is 7.68. The molecule has 0 unspecified atom stereocenters. The minimum Gasteiger partial charge on any atom is -0.347 e. The number of carbonyl (C=O) groups is 1. The van der Waals surface area contributed by atoms with Crippen LogP contribution >= 0.6 is 0 Å². The minimum atomic E-state index is -0.681. The lowest BCUT2D eigenvalue weighted by Gasteiger charge is -2.14. The predicted molar refractivity (Wildman–Crippen MR) is 77.5 cm³/mol. The molecule has 0 atom stereocenters. The maximum atomic E-state index is 11.5. The van der Waals surface area contributed by atoms with Crippen LogP contribution in [0.2, 0.25) is 0 Å². The topological polar surface area (TPSA) is 66.2 Å². The largest absolute Gasteiger partial charge is 0.347 e. The highest BCUT2D eigenvalue weighted by atomic mass is 16.7. The van der Waals surface area contributed by atoms with E-state index in [1.54, 1.807) is 0 Å². The first-order chi connectivity index (χ1) is 10.2. The SMILES string of the molecule is CCOC(OCC)c1nnn(-c2ccc(C)cc2)c1C=O. The Kier molecular flexibility index (Phi) is 5.19. The van der Waals surface area contributed by atoms with Gasteiger partial charge in [-0.1, -0.05) is 22.9 Å². The van der Waals surface area contributed by atoms with Crippen LogP contribution < -0.4 is 0 Å². The molecule has 0 N–H and O–H groups in total. The normalized spacial score (nSPS) is 11.0. The van der Waals surface area contributed by atoms with Gasteiger partial charge in [-0.15, -0.1) is 5.10 Å². The summed E-state index contributed by atoms with van der Waals surface area (Å²) in [5.41, 5.74) is 2.64. The Hall–Kier alpha value is -2.05. The third-order valence-corrected chi connectivity index (χ3v) is 2.98. The molecular formula is C15H19N3O3. The van der Waals surface area contributed by atoms with Gasteiger partial charge in [-0.3, -0.25) is 4.79 Å². The van der Waals surface area contributed by atoms with E-state index in [0.29, 0.717) is 24.6 Å². The molecule has 0 aliphatic rings. The number of ether oxygens (including phenoxy) is 2. The predicted octanol–water partition coefficient (Wildman–Crippen LogP) is 2.46. The molecule has 0 bridgehead atoms. The number of aromatic nitrogens is 3. The molecule has 2 rings (SSSR count). The van der Waals surface area contributed by atoms with Crippen LogP contribution in [0.15, 0.2) is 24.3 Å². The monoisotopic (exact) mass is 289 g/mol. The number of aldehydes is 1. The number of hydrogen-bond donors (Lipinski definition) is 0. The number of aryl methyl sites for hydroxylation is 1. The molecular weight excluding hydrogens is 270 g/mol. The van der Waals surface area contributed by atoms with E-state index >= 15 is 0 Å². The van der Waals surface area contributed by atoms with Crippen molar-refractivity contribution in [2.45, 2.75) is 27.1 Å². The molecule has 21 heavy (non-hydrogen) atoms. The van der Waals surface area contributed by atoms with Crippen molar-refractivity contribution in [3.05, 3.63) is 41.2 Å². The van der Waals surface area contributed by atoms with Crippen molar-refractivity contribution in [3.63, 3.8) is 0 Å². The van der Waals surface area contributed by atoms with Crippen LogP contribution in [0.4, 0.5) is 0 Å². The van der Waals surface area contributed by atoms with Crippen LogP contribution in [-0.2, 0) is 9.47 Å². The zero-order chi connectivity index (χ0) is 15.2. The van der Waals surface area contributed by atoms with E-state index in [9.17, 15) is 4.79 Å². The first-order valence-corrected chi connectivity index (χ1v) is 6.92. The number of benzene rings is 1. The Morgan fingerprint density at radius 1 is 1.19 bits per heavy atom. The summed E-state index contributed by atoms with van der Waals surface area (Å²) in [5.74, 6) is 0. The zero-order valence-corrected chi connectivity index (χ0v) is 12.4. The fourth-order valence-corrected chi connectivity index (χ4v) is 1.96. The lowest BCUT2D eigenvalue weighted by molar-refractivity contribution is -0.142. The van der Waals surface area contributed by atoms with Crippen molar-refractivity contribution in [3.8, 4) is 5.69 Å². The molecule has 0 amide bonds. The number of hydrogen-bond acceptors (Lipinski definition) is 5. The molecule has 112 valence electrons. The lowest BCUT2D eigenvalue weighted by Crippen LogP contribution is -2.12. The van der Waals surface area contributed by atoms with Crippen LogP contribution in [0.1, 0.15) is 41.9 Å². The highest BCUT2D eigenvalue weighted by Crippen LogP contribution is 2.21. The van der Waals surface area contributed by atoms with Crippen molar-refractivity contribution in [2.24, 2.45) is 0 Å². The smallest absolute Gasteiger partial charge is 0.205 e. The van der Waals surface area contributed by atoms with Crippen molar-refractivity contribution in [1.82, 2.24) is 15.0 Å². The number of carbonyl (C=O) groups excluding carboxylic acids is 1. The molecule has 0 fully saturated rings. The summed E-state index contributed by atoms with van der Waals surface area (Å²) in [6.45, 7) is 6.63. The van der Waals surface area contributed by atoms with Gasteiger partial charge >= 0.3 is 0 Å². The third-order valence-electron chi connectivity index (χ3n) is 2.98. The van der Waals surface area contributed by atoms with E-state index in [-0.39, 0.29) is 0 Å². The average Bonchev–Trinajstić information content (AvgIpc) is 2.91. The molecule has 0 saturated carbocycles. The molecule has 0 saturated heterocycles. The molecule has 1 aromatic heterocycles. The van der Waals surface area contributed by atoms with Crippen molar-refractivity contribution >= 4 is 6.29 Å². The van der Waals surface area contributed by atoms with Crippen molar-refractivity contribution < 1.29 is 14.3 Å². The first-order valence-electron chi connectivity index (χ1n) is 6.92. The summed E-state index contributed by atoms with van der Waals surface area (Å²) >= 11 is 0. The molecule has 1 heterocycles. The van der Waals surface area contributed by atoms with E-state index in [0.717, 1.165) is 17.5 Å². The standard InChI is InChI=1S/C15H19N3O3/c1-4-20-15(21-5-2)14-13(10-19)18(17-16-14)12-8-6-11(3)7-9-12/h6-10,15H,4-5H2,1-3H3. The number of rotatable bonds is 7. The van der Waals surface area contributed by atoms with Gasteiger partial charge in [0.15, 0.2) is 6.29 Å². The summed E-state index contributed by atoms with van der Waals surface area (Å²) in [6.07, 6.45) is 0.0413. The zero-order valence-electron chi connectivity index (χ0n) is 12.4. The summed E-state index contributed by atoms with van der Waals surface area (Å²) < 4.78 is 12.5. The van der Waals surface area contributed by atoms with Gasteiger partial charge < -0.3 is 9.47 Å². The summed E-state index contributed by atoms with van der Waals surface area (Å²) in [7, 11) is 0. The van der Waals surface area contributed by atoms with E-state index < -0.39 is 6.29 Å². The second-order valence-corrected chi connectivity index (χ2v) is 4.47. The van der Waals surface area contributed by atoms with E-state index in [1.807, 2.05) is 45.0 Å². The third kappa shape index (κ3) is 3.34. The Morgan fingerprint density at radius 2 is 1.81 bits per heavy atom. The van der Waals surface area contributed by atoms with Gasteiger partial charge in [0.05, 0.1) is 5.69 Å². The van der Waals surface area contributed by atoms with Crippen molar-refractivity contribution in [1.29, 1.82) is 0 Å². The van der Waals surface area contributed by atoms with Gasteiger partial charge in [0.25, 0.3) is 0 Å². The van der Waals surface area contributed by atoms with Crippen LogP contribution in [0.3, 0.4) is 0 Å². The second-order valence-electron chi connectivity index (χ2n) is 4.47. The highest BCUT2D eigenvalue weighted by Gasteiger charge is 2.23. The Bertz CT molecular complexity index is 587. The van der Waals surface area contributed by atoms with Gasteiger partial charge in [0, 0.05) is 13.2 Å². The quantitative estimate of drug-likeness (QED) is 0.578. The van der Waals surface area contributed by atoms with Gasteiger partial charge in [0.1, 0.15) is 11.4 Å².